The van der Waals surface area contributed by atoms with E-state index in [1.807, 2.05) is 37.4 Å². The molecule has 0 bridgehead atoms. The number of benzene rings is 1. The van der Waals surface area contributed by atoms with Crippen LogP contribution in [-0.2, 0) is 6.54 Å². The third kappa shape index (κ3) is 2.84. The Morgan fingerprint density at radius 2 is 2.00 bits per heavy atom. The highest BCUT2D eigenvalue weighted by atomic mass is 32.1. The Bertz CT molecular complexity index is 722. The van der Waals surface area contributed by atoms with Crippen LogP contribution in [0, 0.1) is 6.92 Å². The summed E-state index contributed by atoms with van der Waals surface area (Å²) in [6.45, 7) is 4.83. The van der Waals surface area contributed by atoms with Gasteiger partial charge < -0.3 is 5.32 Å². The highest BCUT2D eigenvalue weighted by Gasteiger charge is 2.09. The number of rotatable bonds is 4. The van der Waals surface area contributed by atoms with Crippen molar-refractivity contribution in [2.24, 2.45) is 0 Å². The normalized spacial score (nSPS) is 12.7. The van der Waals surface area contributed by atoms with Crippen LogP contribution in [0.4, 0.5) is 0 Å². The predicted octanol–water partition coefficient (Wildman–Crippen LogP) is 3.25. The maximum Gasteiger partial charge on any atom is 0.110 e. The third-order valence-corrected chi connectivity index (χ3v) is 4.24. The van der Waals surface area contributed by atoms with Crippen LogP contribution >= 0.6 is 11.3 Å². The van der Waals surface area contributed by atoms with E-state index < -0.39 is 0 Å². The fraction of sp³-hybridized carbons (Fsp3) is 0.267. The highest BCUT2D eigenvalue weighted by molar-refractivity contribution is 7.09. The Hall–Kier alpha value is -1.85. The minimum atomic E-state index is 0.224. The van der Waals surface area contributed by atoms with Gasteiger partial charge in [-0.1, -0.05) is 12.1 Å². The van der Waals surface area contributed by atoms with E-state index in [4.69, 9.17) is 0 Å². The van der Waals surface area contributed by atoms with E-state index in [-0.39, 0.29) is 6.04 Å². The number of hydrogen-bond acceptors (Lipinski definition) is 5. The summed E-state index contributed by atoms with van der Waals surface area (Å²) in [5, 5.41) is 6.62. The van der Waals surface area contributed by atoms with Gasteiger partial charge in [0.05, 0.1) is 29.0 Å². The molecule has 1 atom stereocenters. The van der Waals surface area contributed by atoms with Gasteiger partial charge in [0.2, 0.25) is 0 Å². The van der Waals surface area contributed by atoms with E-state index in [2.05, 4.69) is 32.6 Å². The van der Waals surface area contributed by atoms with Crippen molar-refractivity contribution in [2.45, 2.75) is 26.4 Å². The van der Waals surface area contributed by atoms with Gasteiger partial charge in [0, 0.05) is 17.6 Å². The van der Waals surface area contributed by atoms with Crippen LogP contribution in [0.25, 0.3) is 11.0 Å². The van der Waals surface area contributed by atoms with E-state index in [0.29, 0.717) is 6.54 Å². The first-order valence-electron chi connectivity index (χ1n) is 6.58. The van der Waals surface area contributed by atoms with Gasteiger partial charge >= 0.3 is 0 Å². The second-order valence-electron chi connectivity index (χ2n) is 4.78. The third-order valence-electron chi connectivity index (χ3n) is 3.10. The van der Waals surface area contributed by atoms with Gasteiger partial charge in [-0.25, -0.2) is 9.97 Å². The molecule has 3 rings (SSSR count). The molecular formula is C15H16N4S. The van der Waals surface area contributed by atoms with Crippen molar-refractivity contribution < 1.29 is 0 Å². The molecule has 0 amide bonds. The maximum atomic E-state index is 4.60. The summed E-state index contributed by atoms with van der Waals surface area (Å²) in [7, 11) is 0. The monoisotopic (exact) mass is 284 g/mol. The molecule has 0 saturated heterocycles. The molecule has 0 aliphatic heterocycles. The number of aryl methyl sites for hydroxylation is 1. The number of fused-ring (bicyclic) bond motifs is 1. The highest BCUT2D eigenvalue weighted by Crippen LogP contribution is 2.17. The lowest BCUT2D eigenvalue weighted by Crippen LogP contribution is -2.18. The minimum Gasteiger partial charge on any atom is -0.302 e. The molecule has 20 heavy (non-hydrogen) atoms. The number of hydrogen-bond donors (Lipinski definition) is 1. The molecule has 0 aliphatic rings. The Morgan fingerprint density at radius 3 is 2.75 bits per heavy atom. The van der Waals surface area contributed by atoms with E-state index in [1.54, 1.807) is 11.3 Å². The van der Waals surface area contributed by atoms with E-state index in [9.17, 15) is 0 Å². The summed E-state index contributed by atoms with van der Waals surface area (Å²) < 4.78 is 0. The van der Waals surface area contributed by atoms with Crippen molar-refractivity contribution in [3.63, 3.8) is 0 Å². The smallest absolute Gasteiger partial charge is 0.110 e. The van der Waals surface area contributed by atoms with Crippen LogP contribution in [0.5, 0.6) is 0 Å². The van der Waals surface area contributed by atoms with Crippen molar-refractivity contribution in [1.29, 1.82) is 0 Å². The SMILES string of the molecule is Cc1csc(C(C)NCc2cnc3ccccc3n2)n1. The molecule has 2 aromatic heterocycles. The molecule has 2 heterocycles. The maximum absolute atomic E-state index is 4.60. The minimum absolute atomic E-state index is 0.224. The fourth-order valence-electron chi connectivity index (χ4n) is 2.00. The lowest BCUT2D eigenvalue weighted by Gasteiger charge is -2.10. The first kappa shape index (κ1) is 13.1. The summed E-state index contributed by atoms with van der Waals surface area (Å²) >= 11 is 1.69. The van der Waals surface area contributed by atoms with Crippen LogP contribution in [0.3, 0.4) is 0 Å². The van der Waals surface area contributed by atoms with Gasteiger partial charge in [0.25, 0.3) is 0 Å². The van der Waals surface area contributed by atoms with Gasteiger partial charge in [-0.05, 0) is 26.0 Å². The largest absolute Gasteiger partial charge is 0.302 e. The number of para-hydroxylation sites is 2. The number of nitrogens with one attached hydrogen (secondary N) is 1. The molecule has 5 heteroatoms. The molecule has 4 nitrogen and oxygen atoms in total. The molecule has 102 valence electrons. The zero-order valence-corrected chi connectivity index (χ0v) is 12.3. The lowest BCUT2D eigenvalue weighted by atomic mass is 10.3. The number of nitrogens with zero attached hydrogens (tertiary/aromatic N) is 3. The molecule has 0 spiro atoms. The molecule has 1 N–H and O–H groups in total. The molecule has 0 aliphatic carbocycles. The van der Waals surface area contributed by atoms with E-state index >= 15 is 0 Å². The molecule has 1 aromatic carbocycles. The lowest BCUT2D eigenvalue weighted by molar-refractivity contribution is 0.564. The van der Waals surface area contributed by atoms with Gasteiger partial charge in [-0.3, -0.25) is 4.98 Å². The number of aromatic nitrogens is 3. The first-order chi connectivity index (χ1) is 9.72. The molecular weight excluding hydrogens is 268 g/mol. The summed E-state index contributed by atoms with van der Waals surface area (Å²) in [6.07, 6.45) is 1.83. The van der Waals surface area contributed by atoms with Gasteiger partial charge in [0.1, 0.15) is 5.01 Å². The van der Waals surface area contributed by atoms with Crippen LogP contribution in [0.1, 0.15) is 29.4 Å². The summed E-state index contributed by atoms with van der Waals surface area (Å²) in [4.78, 5) is 13.5. The van der Waals surface area contributed by atoms with Gasteiger partial charge in [-0.2, -0.15) is 0 Å². The van der Waals surface area contributed by atoms with E-state index in [1.165, 1.54) is 0 Å². The van der Waals surface area contributed by atoms with Crippen molar-refractivity contribution in [2.75, 3.05) is 0 Å². The van der Waals surface area contributed by atoms with Crippen LogP contribution < -0.4 is 5.32 Å². The Labute approximate surface area is 121 Å². The quantitative estimate of drug-likeness (QED) is 0.799. The van der Waals surface area contributed by atoms with Crippen molar-refractivity contribution in [3.8, 4) is 0 Å². The topological polar surface area (TPSA) is 50.7 Å². The molecule has 0 saturated carbocycles. The van der Waals surface area contributed by atoms with Crippen LogP contribution in [0.2, 0.25) is 0 Å². The molecule has 1 unspecified atom stereocenters. The van der Waals surface area contributed by atoms with Crippen LogP contribution in [-0.4, -0.2) is 15.0 Å². The van der Waals surface area contributed by atoms with E-state index in [0.717, 1.165) is 27.4 Å². The number of thiazole rings is 1. The van der Waals surface area contributed by atoms with Gasteiger partial charge in [0.15, 0.2) is 0 Å². The average Bonchev–Trinajstić information content (AvgIpc) is 2.91. The van der Waals surface area contributed by atoms with Crippen molar-refractivity contribution >= 4 is 22.4 Å². The summed E-state index contributed by atoms with van der Waals surface area (Å²) in [5.41, 5.74) is 3.89. The Kier molecular flexibility index (Phi) is 3.71. The molecule has 0 radical (unpaired) electrons. The van der Waals surface area contributed by atoms with Crippen LogP contribution in [0.15, 0.2) is 35.8 Å². The zero-order chi connectivity index (χ0) is 13.9. The second-order valence-corrected chi connectivity index (χ2v) is 5.67. The van der Waals surface area contributed by atoms with Crippen molar-refractivity contribution in [1.82, 2.24) is 20.3 Å². The standard InChI is InChI=1S/C15H16N4S/c1-10-9-20-15(18-10)11(2)16-7-12-8-17-13-5-3-4-6-14(13)19-12/h3-6,8-9,11,16H,7H2,1-2H3. The second kappa shape index (κ2) is 5.64. The first-order valence-corrected chi connectivity index (χ1v) is 7.46. The molecule has 0 fully saturated rings. The summed E-state index contributed by atoms with van der Waals surface area (Å²) in [6, 6.07) is 8.14. The fourth-order valence-corrected chi connectivity index (χ4v) is 2.82. The van der Waals surface area contributed by atoms with Crippen molar-refractivity contribution in [3.05, 3.63) is 52.2 Å². The van der Waals surface area contributed by atoms with Gasteiger partial charge in [-0.15, -0.1) is 11.3 Å². The summed E-state index contributed by atoms with van der Waals surface area (Å²) in [5.74, 6) is 0. The average molecular weight is 284 g/mol. The zero-order valence-electron chi connectivity index (χ0n) is 11.5. The molecule has 3 aromatic rings. The Balaban J connectivity index is 1.70. The Morgan fingerprint density at radius 1 is 1.20 bits per heavy atom. The predicted molar refractivity (Wildman–Crippen MR) is 81.6 cm³/mol.